The lowest BCUT2D eigenvalue weighted by Gasteiger charge is -2.16. The van der Waals surface area contributed by atoms with Crippen molar-refractivity contribution >= 4 is 11.6 Å². The molecule has 1 aromatic rings. The predicted molar refractivity (Wildman–Crippen MR) is 75.3 cm³/mol. The van der Waals surface area contributed by atoms with Crippen LogP contribution in [0.3, 0.4) is 0 Å². The van der Waals surface area contributed by atoms with Crippen molar-refractivity contribution in [2.45, 2.75) is 20.3 Å². The molecule has 1 N–H and O–H groups in total. The second-order valence-electron chi connectivity index (χ2n) is 4.80. The summed E-state index contributed by atoms with van der Waals surface area (Å²) in [6.45, 7) is 5.76. The van der Waals surface area contributed by atoms with Gasteiger partial charge < -0.3 is 10.1 Å². The molecule has 1 amide bonds. The third kappa shape index (κ3) is 4.65. The lowest BCUT2D eigenvalue weighted by Crippen LogP contribution is -2.31. The Balaban J connectivity index is 2.46. The van der Waals surface area contributed by atoms with Gasteiger partial charge in [0.2, 0.25) is 5.91 Å². The van der Waals surface area contributed by atoms with E-state index in [1.54, 1.807) is 11.8 Å². The smallest absolute Gasteiger partial charge is 0.238 e. The van der Waals surface area contributed by atoms with E-state index >= 15 is 0 Å². The van der Waals surface area contributed by atoms with E-state index in [1.165, 1.54) is 0 Å². The molecular formula is C13H24N4O2. The minimum absolute atomic E-state index is 0.0147. The molecule has 0 aliphatic heterocycles. The van der Waals surface area contributed by atoms with Gasteiger partial charge in [-0.3, -0.25) is 14.4 Å². The quantitative estimate of drug-likeness (QED) is 0.748. The molecule has 1 rings (SSSR count). The van der Waals surface area contributed by atoms with E-state index in [2.05, 4.69) is 10.4 Å². The molecule has 0 spiro atoms. The zero-order valence-electron chi connectivity index (χ0n) is 12.5. The van der Waals surface area contributed by atoms with Crippen molar-refractivity contribution in [1.29, 1.82) is 0 Å². The van der Waals surface area contributed by atoms with E-state index in [9.17, 15) is 4.79 Å². The van der Waals surface area contributed by atoms with Gasteiger partial charge in [0.15, 0.2) is 0 Å². The number of aryl methyl sites for hydroxylation is 2. The first-order valence-electron chi connectivity index (χ1n) is 6.43. The average molecular weight is 268 g/mol. The van der Waals surface area contributed by atoms with Crippen molar-refractivity contribution in [2.24, 2.45) is 7.05 Å². The summed E-state index contributed by atoms with van der Waals surface area (Å²) >= 11 is 0. The number of aromatic nitrogens is 2. The largest absolute Gasteiger partial charge is 0.385 e. The monoisotopic (exact) mass is 268 g/mol. The van der Waals surface area contributed by atoms with Crippen molar-refractivity contribution < 1.29 is 9.53 Å². The van der Waals surface area contributed by atoms with Crippen LogP contribution in [0, 0.1) is 13.8 Å². The highest BCUT2D eigenvalue weighted by atomic mass is 16.5. The van der Waals surface area contributed by atoms with Gasteiger partial charge in [-0.15, -0.1) is 0 Å². The third-order valence-corrected chi connectivity index (χ3v) is 3.08. The minimum Gasteiger partial charge on any atom is -0.385 e. The van der Waals surface area contributed by atoms with E-state index in [0.717, 1.165) is 30.0 Å². The Hall–Kier alpha value is -1.40. The lowest BCUT2D eigenvalue weighted by atomic mass is 10.3. The Morgan fingerprint density at radius 2 is 2.16 bits per heavy atom. The number of likely N-dealkylation sites (N-methyl/N-ethyl adjacent to an activating group) is 1. The van der Waals surface area contributed by atoms with E-state index < -0.39 is 0 Å². The van der Waals surface area contributed by atoms with Crippen LogP contribution in [0.2, 0.25) is 0 Å². The predicted octanol–water partition coefficient (Wildman–Crippen LogP) is 0.944. The SMILES string of the molecule is COCCCN(C)CC(=O)Nc1c(C)nn(C)c1C. The van der Waals surface area contributed by atoms with Gasteiger partial charge in [-0.2, -0.15) is 5.10 Å². The summed E-state index contributed by atoms with van der Waals surface area (Å²) in [6, 6.07) is 0. The maximum absolute atomic E-state index is 11.9. The molecule has 0 bridgehead atoms. The minimum atomic E-state index is -0.0147. The number of hydrogen-bond donors (Lipinski definition) is 1. The van der Waals surface area contributed by atoms with Crippen molar-refractivity contribution in [2.75, 3.05) is 39.2 Å². The number of anilines is 1. The van der Waals surface area contributed by atoms with Crippen LogP contribution >= 0.6 is 0 Å². The summed E-state index contributed by atoms with van der Waals surface area (Å²) in [5.41, 5.74) is 2.63. The number of methoxy groups -OCH3 is 1. The highest BCUT2D eigenvalue weighted by Crippen LogP contribution is 2.17. The standard InChI is InChI=1S/C13H24N4O2/c1-10-13(11(2)17(4)15-10)14-12(18)9-16(3)7-6-8-19-5/h6-9H2,1-5H3,(H,14,18). The zero-order chi connectivity index (χ0) is 14.4. The first kappa shape index (κ1) is 15.7. The van der Waals surface area contributed by atoms with Gasteiger partial charge in [-0.05, 0) is 27.3 Å². The van der Waals surface area contributed by atoms with E-state index in [0.29, 0.717) is 13.2 Å². The first-order valence-corrected chi connectivity index (χ1v) is 6.43. The molecule has 0 aliphatic carbocycles. The highest BCUT2D eigenvalue weighted by molar-refractivity contribution is 5.93. The number of carbonyl (C=O) groups excluding carboxylic acids is 1. The summed E-state index contributed by atoms with van der Waals surface area (Å²) in [4.78, 5) is 13.9. The number of nitrogens with one attached hydrogen (secondary N) is 1. The molecule has 1 aromatic heterocycles. The second-order valence-corrected chi connectivity index (χ2v) is 4.80. The Bertz CT molecular complexity index is 429. The van der Waals surface area contributed by atoms with Crippen LogP contribution in [-0.4, -0.2) is 54.4 Å². The third-order valence-electron chi connectivity index (χ3n) is 3.08. The summed E-state index contributed by atoms with van der Waals surface area (Å²) in [7, 11) is 5.48. The molecule has 0 radical (unpaired) electrons. The lowest BCUT2D eigenvalue weighted by molar-refractivity contribution is -0.117. The molecule has 19 heavy (non-hydrogen) atoms. The van der Waals surface area contributed by atoms with Crippen molar-refractivity contribution in [3.8, 4) is 0 Å². The normalized spacial score (nSPS) is 11.1. The molecular weight excluding hydrogens is 244 g/mol. The van der Waals surface area contributed by atoms with Gasteiger partial charge in [0, 0.05) is 27.3 Å². The topological polar surface area (TPSA) is 59.4 Å². The summed E-state index contributed by atoms with van der Waals surface area (Å²) in [5.74, 6) is -0.0147. The molecule has 108 valence electrons. The number of nitrogens with zero attached hydrogens (tertiary/aromatic N) is 3. The fourth-order valence-corrected chi connectivity index (χ4v) is 1.94. The molecule has 0 aromatic carbocycles. The first-order chi connectivity index (χ1) is 8.95. The number of carbonyl (C=O) groups is 1. The fraction of sp³-hybridized carbons (Fsp3) is 0.692. The Labute approximate surface area is 114 Å². The van der Waals surface area contributed by atoms with E-state index in [1.807, 2.05) is 32.8 Å². The van der Waals surface area contributed by atoms with Gasteiger partial charge in [-0.25, -0.2) is 0 Å². The van der Waals surface area contributed by atoms with Gasteiger partial charge in [0.25, 0.3) is 0 Å². The van der Waals surface area contributed by atoms with Gasteiger partial charge in [0.05, 0.1) is 23.6 Å². The molecule has 1 heterocycles. The average Bonchev–Trinajstić information content (AvgIpc) is 2.56. The maximum atomic E-state index is 11.9. The Kier molecular flexibility index (Phi) is 5.98. The van der Waals surface area contributed by atoms with E-state index in [-0.39, 0.29) is 5.91 Å². The summed E-state index contributed by atoms with van der Waals surface area (Å²) in [5, 5.41) is 7.20. The number of rotatable bonds is 7. The second kappa shape index (κ2) is 7.25. The van der Waals surface area contributed by atoms with Crippen LogP contribution in [0.25, 0.3) is 0 Å². The van der Waals surface area contributed by atoms with Gasteiger partial charge >= 0.3 is 0 Å². The van der Waals surface area contributed by atoms with Crippen LogP contribution in [-0.2, 0) is 16.6 Å². The van der Waals surface area contributed by atoms with Crippen LogP contribution in [0.1, 0.15) is 17.8 Å². The molecule has 0 fully saturated rings. The number of amides is 1. The van der Waals surface area contributed by atoms with Crippen molar-refractivity contribution in [3.05, 3.63) is 11.4 Å². The molecule has 0 aliphatic rings. The molecule has 0 unspecified atom stereocenters. The maximum Gasteiger partial charge on any atom is 0.238 e. The number of ether oxygens (including phenoxy) is 1. The van der Waals surface area contributed by atoms with Gasteiger partial charge in [0.1, 0.15) is 0 Å². The van der Waals surface area contributed by atoms with E-state index in [4.69, 9.17) is 4.74 Å². The van der Waals surface area contributed by atoms with Crippen molar-refractivity contribution in [1.82, 2.24) is 14.7 Å². The van der Waals surface area contributed by atoms with Crippen LogP contribution in [0.5, 0.6) is 0 Å². The number of hydrogen-bond acceptors (Lipinski definition) is 4. The Morgan fingerprint density at radius 1 is 1.47 bits per heavy atom. The molecule has 0 atom stereocenters. The molecule has 0 saturated carbocycles. The summed E-state index contributed by atoms with van der Waals surface area (Å²) in [6.07, 6.45) is 0.922. The van der Waals surface area contributed by atoms with Crippen molar-refractivity contribution in [3.63, 3.8) is 0 Å². The summed E-state index contributed by atoms with van der Waals surface area (Å²) < 4.78 is 6.76. The molecule has 6 heteroatoms. The van der Waals surface area contributed by atoms with Crippen LogP contribution in [0.15, 0.2) is 0 Å². The van der Waals surface area contributed by atoms with Crippen LogP contribution < -0.4 is 5.32 Å². The highest BCUT2D eigenvalue weighted by Gasteiger charge is 2.13. The van der Waals surface area contributed by atoms with Gasteiger partial charge in [-0.1, -0.05) is 0 Å². The zero-order valence-corrected chi connectivity index (χ0v) is 12.5. The Morgan fingerprint density at radius 3 is 2.68 bits per heavy atom. The molecule has 6 nitrogen and oxygen atoms in total. The fourth-order valence-electron chi connectivity index (χ4n) is 1.94. The van der Waals surface area contributed by atoms with Crippen LogP contribution in [0.4, 0.5) is 5.69 Å². The molecule has 0 saturated heterocycles.